The van der Waals surface area contributed by atoms with Gasteiger partial charge in [0.05, 0.1) is 10.6 Å². The maximum Gasteiger partial charge on any atom is 0.277 e. The highest BCUT2D eigenvalue weighted by Gasteiger charge is 2.37. The van der Waals surface area contributed by atoms with Crippen molar-refractivity contribution in [2.75, 3.05) is 12.4 Å². The molecule has 3 rings (SSSR count). The second kappa shape index (κ2) is 6.54. The Morgan fingerprint density at radius 1 is 0.920 bits per heavy atom. The van der Waals surface area contributed by atoms with E-state index in [0.717, 1.165) is 21.7 Å². The molecule has 0 bridgehead atoms. The smallest absolute Gasteiger partial charge is 0.277 e. The van der Waals surface area contributed by atoms with E-state index in [1.807, 2.05) is 32.0 Å². The number of nitrogens with zero attached hydrogens (tertiary/aromatic N) is 1. The Balaban J connectivity index is 2.13. The summed E-state index contributed by atoms with van der Waals surface area (Å²) in [6.45, 7) is 3.99. The molecule has 2 aromatic carbocycles. The molecule has 1 heterocycles. The van der Waals surface area contributed by atoms with Gasteiger partial charge >= 0.3 is 0 Å². The van der Waals surface area contributed by atoms with Crippen LogP contribution in [0.15, 0.2) is 42.1 Å². The van der Waals surface area contributed by atoms with Crippen molar-refractivity contribution < 1.29 is 9.59 Å². The van der Waals surface area contributed by atoms with E-state index in [-0.39, 0.29) is 11.3 Å². The van der Waals surface area contributed by atoms with Gasteiger partial charge in [0.2, 0.25) is 0 Å². The first-order valence-corrected chi connectivity index (χ1v) is 8.41. The highest BCUT2D eigenvalue weighted by atomic mass is 35.5. The number of carbonyl (C=O) groups excluding carboxylic acids is 2. The normalized spacial score (nSPS) is 14.5. The Hall–Kier alpha value is -2.30. The van der Waals surface area contributed by atoms with Crippen LogP contribution in [0, 0.1) is 13.8 Å². The predicted molar refractivity (Wildman–Crippen MR) is 101 cm³/mol. The average molecular weight is 375 g/mol. The molecular weight excluding hydrogens is 359 g/mol. The molecule has 4 nitrogen and oxygen atoms in total. The summed E-state index contributed by atoms with van der Waals surface area (Å²) in [4.78, 5) is 26.2. The van der Waals surface area contributed by atoms with Crippen LogP contribution in [0.25, 0.3) is 5.57 Å². The van der Waals surface area contributed by atoms with Crippen LogP contribution >= 0.6 is 23.2 Å². The monoisotopic (exact) mass is 374 g/mol. The van der Waals surface area contributed by atoms with Crippen molar-refractivity contribution in [3.8, 4) is 0 Å². The first kappa shape index (κ1) is 17.5. The number of amides is 2. The lowest BCUT2D eigenvalue weighted by molar-refractivity contribution is -0.135. The van der Waals surface area contributed by atoms with Crippen molar-refractivity contribution >= 4 is 46.3 Å². The number of imide groups is 1. The molecule has 0 atom stereocenters. The van der Waals surface area contributed by atoms with Crippen molar-refractivity contribution in [3.05, 3.63) is 68.8 Å². The number of likely N-dealkylation sites (N-methyl/N-ethyl adjacent to an activating group) is 1. The topological polar surface area (TPSA) is 49.4 Å². The van der Waals surface area contributed by atoms with Gasteiger partial charge in [-0.25, -0.2) is 0 Å². The molecule has 1 N–H and O–H groups in total. The third kappa shape index (κ3) is 3.15. The number of benzene rings is 2. The average Bonchev–Trinajstić information content (AvgIpc) is 2.76. The second-order valence-electron chi connectivity index (χ2n) is 5.97. The summed E-state index contributed by atoms with van der Waals surface area (Å²) in [5.74, 6) is -0.801. The van der Waals surface area contributed by atoms with Gasteiger partial charge in [0, 0.05) is 23.3 Å². The van der Waals surface area contributed by atoms with E-state index in [2.05, 4.69) is 5.32 Å². The summed E-state index contributed by atoms with van der Waals surface area (Å²) in [5.41, 5.74) is 3.89. The predicted octanol–water partition coefficient (Wildman–Crippen LogP) is 4.43. The van der Waals surface area contributed by atoms with Gasteiger partial charge in [-0.05, 0) is 49.2 Å². The second-order valence-corrected chi connectivity index (χ2v) is 6.81. The molecule has 2 amide bonds. The molecule has 0 unspecified atom stereocenters. The molecule has 0 spiro atoms. The number of rotatable bonds is 3. The molecule has 0 radical (unpaired) electrons. The molecule has 0 aromatic heterocycles. The Morgan fingerprint density at radius 3 is 2.28 bits per heavy atom. The van der Waals surface area contributed by atoms with Crippen LogP contribution in [-0.4, -0.2) is 23.8 Å². The Morgan fingerprint density at radius 2 is 1.64 bits per heavy atom. The van der Waals surface area contributed by atoms with Gasteiger partial charge in [0.1, 0.15) is 5.70 Å². The minimum Gasteiger partial charge on any atom is -0.350 e. The van der Waals surface area contributed by atoms with Crippen LogP contribution in [0.2, 0.25) is 10.0 Å². The summed E-state index contributed by atoms with van der Waals surface area (Å²) in [6, 6.07) is 10.6. The minimum absolute atomic E-state index is 0.208. The van der Waals surface area contributed by atoms with Crippen molar-refractivity contribution in [3.63, 3.8) is 0 Å². The number of halogens is 2. The van der Waals surface area contributed by atoms with Gasteiger partial charge in [-0.15, -0.1) is 0 Å². The maximum absolute atomic E-state index is 12.6. The van der Waals surface area contributed by atoms with Gasteiger partial charge < -0.3 is 5.32 Å². The summed E-state index contributed by atoms with van der Waals surface area (Å²) in [7, 11) is 1.45. The standard InChI is InChI=1S/C19H16Cl2N2O2/c1-10-4-6-13(8-11(10)2)22-17-16(18(24)23(3)19(17)25)14-7-5-12(20)9-15(14)21/h4-9,22H,1-3H3. The van der Waals surface area contributed by atoms with E-state index in [1.165, 1.54) is 7.05 Å². The molecule has 0 saturated heterocycles. The number of nitrogens with one attached hydrogen (secondary N) is 1. The Bertz CT molecular complexity index is 935. The van der Waals surface area contributed by atoms with Gasteiger partial charge in [0.15, 0.2) is 0 Å². The molecule has 0 aliphatic carbocycles. The summed E-state index contributed by atoms with van der Waals surface area (Å²) in [5, 5.41) is 3.87. The Labute approximate surface area is 156 Å². The molecule has 6 heteroatoms. The van der Waals surface area contributed by atoms with Gasteiger partial charge in [0.25, 0.3) is 11.8 Å². The van der Waals surface area contributed by atoms with E-state index >= 15 is 0 Å². The van der Waals surface area contributed by atoms with Gasteiger partial charge in [-0.1, -0.05) is 35.3 Å². The summed E-state index contributed by atoms with van der Waals surface area (Å²) >= 11 is 12.2. The molecule has 1 aliphatic rings. The number of anilines is 1. The number of hydrogen-bond donors (Lipinski definition) is 1. The van der Waals surface area contributed by atoms with Crippen LogP contribution in [-0.2, 0) is 9.59 Å². The molecule has 0 saturated carbocycles. The number of carbonyl (C=O) groups is 2. The largest absolute Gasteiger partial charge is 0.350 e. The first-order chi connectivity index (χ1) is 11.8. The van der Waals surface area contributed by atoms with Crippen LogP contribution in [0.1, 0.15) is 16.7 Å². The lowest BCUT2D eigenvalue weighted by atomic mass is 10.0. The van der Waals surface area contributed by atoms with Crippen LogP contribution in [0.3, 0.4) is 0 Å². The zero-order valence-electron chi connectivity index (χ0n) is 14.0. The molecular formula is C19H16Cl2N2O2. The fraction of sp³-hybridized carbons (Fsp3) is 0.158. The number of hydrogen-bond acceptors (Lipinski definition) is 3. The molecule has 25 heavy (non-hydrogen) atoms. The van der Waals surface area contributed by atoms with E-state index in [9.17, 15) is 9.59 Å². The third-order valence-electron chi connectivity index (χ3n) is 4.26. The summed E-state index contributed by atoms with van der Waals surface area (Å²) < 4.78 is 0. The highest BCUT2D eigenvalue weighted by Crippen LogP contribution is 2.34. The fourth-order valence-electron chi connectivity index (χ4n) is 2.66. The zero-order chi connectivity index (χ0) is 18.3. The molecule has 2 aromatic rings. The Kier molecular flexibility index (Phi) is 4.58. The molecule has 128 valence electrons. The first-order valence-electron chi connectivity index (χ1n) is 7.66. The van der Waals surface area contributed by atoms with E-state index in [0.29, 0.717) is 15.6 Å². The number of aryl methyl sites for hydroxylation is 2. The van der Waals surface area contributed by atoms with Crippen molar-refractivity contribution in [2.45, 2.75) is 13.8 Å². The van der Waals surface area contributed by atoms with Crippen molar-refractivity contribution in [1.82, 2.24) is 4.90 Å². The minimum atomic E-state index is -0.402. The lowest BCUT2D eigenvalue weighted by Gasteiger charge is -2.11. The SMILES string of the molecule is Cc1ccc(NC2=C(c3ccc(Cl)cc3Cl)C(=O)N(C)C2=O)cc1C. The van der Waals surface area contributed by atoms with Crippen LogP contribution < -0.4 is 5.32 Å². The maximum atomic E-state index is 12.6. The van der Waals surface area contributed by atoms with E-state index in [4.69, 9.17) is 23.2 Å². The van der Waals surface area contributed by atoms with Crippen LogP contribution in [0.5, 0.6) is 0 Å². The fourth-order valence-corrected chi connectivity index (χ4v) is 3.17. The van der Waals surface area contributed by atoms with Gasteiger partial charge in [-0.2, -0.15) is 0 Å². The van der Waals surface area contributed by atoms with E-state index < -0.39 is 11.8 Å². The van der Waals surface area contributed by atoms with Crippen molar-refractivity contribution in [2.24, 2.45) is 0 Å². The van der Waals surface area contributed by atoms with Crippen LogP contribution in [0.4, 0.5) is 5.69 Å². The van der Waals surface area contributed by atoms with Gasteiger partial charge in [-0.3, -0.25) is 14.5 Å². The highest BCUT2D eigenvalue weighted by molar-refractivity contribution is 6.41. The zero-order valence-corrected chi connectivity index (χ0v) is 15.5. The van der Waals surface area contributed by atoms with Crippen molar-refractivity contribution in [1.29, 1.82) is 0 Å². The quantitative estimate of drug-likeness (QED) is 0.808. The summed E-state index contributed by atoms with van der Waals surface area (Å²) in [6.07, 6.45) is 0. The molecule has 1 aliphatic heterocycles. The lowest BCUT2D eigenvalue weighted by Crippen LogP contribution is -2.27. The molecule has 0 fully saturated rings. The van der Waals surface area contributed by atoms with E-state index in [1.54, 1.807) is 18.2 Å². The third-order valence-corrected chi connectivity index (χ3v) is 4.81.